The predicted octanol–water partition coefficient (Wildman–Crippen LogP) is 3.31. The van der Waals surface area contributed by atoms with E-state index in [0.717, 1.165) is 23.7 Å². The summed E-state index contributed by atoms with van der Waals surface area (Å²) in [7, 11) is 0. The van der Waals surface area contributed by atoms with Crippen LogP contribution in [0.15, 0.2) is 48.5 Å². The van der Waals surface area contributed by atoms with Crippen LogP contribution in [0.2, 0.25) is 0 Å². The molecule has 1 aliphatic heterocycles. The fourth-order valence-corrected chi connectivity index (χ4v) is 2.69. The SMILES string of the molecule is CCN(CCC(=O)Nc1ccc2c(c1)OCCO2)c1ccccc1. The minimum Gasteiger partial charge on any atom is -0.486 e. The summed E-state index contributed by atoms with van der Waals surface area (Å²) in [5.74, 6) is 1.39. The Morgan fingerprint density at radius 2 is 1.83 bits per heavy atom. The number of amides is 1. The van der Waals surface area contributed by atoms with E-state index in [2.05, 4.69) is 29.3 Å². The smallest absolute Gasteiger partial charge is 0.226 e. The minimum absolute atomic E-state index is 0.0129. The van der Waals surface area contributed by atoms with Crippen molar-refractivity contribution in [2.75, 3.05) is 36.5 Å². The molecule has 0 saturated heterocycles. The number of para-hydroxylation sites is 1. The third-order valence-corrected chi connectivity index (χ3v) is 3.94. The van der Waals surface area contributed by atoms with Gasteiger partial charge in [-0.1, -0.05) is 18.2 Å². The van der Waals surface area contributed by atoms with Crippen molar-refractivity contribution in [1.82, 2.24) is 0 Å². The Morgan fingerprint density at radius 1 is 1.08 bits per heavy atom. The number of anilines is 2. The number of hydrogen-bond acceptors (Lipinski definition) is 4. The third-order valence-electron chi connectivity index (χ3n) is 3.94. The van der Waals surface area contributed by atoms with Crippen LogP contribution in [0.4, 0.5) is 11.4 Å². The van der Waals surface area contributed by atoms with Gasteiger partial charge in [-0.05, 0) is 31.2 Å². The predicted molar refractivity (Wildman–Crippen MR) is 95.0 cm³/mol. The Bertz CT molecular complexity index is 688. The highest BCUT2D eigenvalue weighted by Gasteiger charge is 2.13. The quantitative estimate of drug-likeness (QED) is 0.885. The lowest BCUT2D eigenvalue weighted by Crippen LogP contribution is -2.27. The Morgan fingerprint density at radius 3 is 2.58 bits per heavy atom. The lowest BCUT2D eigenvalue weighted by atomic mass is 10.2. The van der Waals surface area contributed by atoms with Crippen molar-refractivity contribution in [3.05, 3.63) is 48.5 Å². The van der Waals surface area contributed by atoms with Gasteiger partial charge in [-0.25, -0.2) is 0 Å². The summed E-state index contributed by atoms with van der Waals surface area (Å²) in [5, 5.41) is 2.92. The fraction of sp³-hybridized carbons (Fsp3) is 0.316. The second-order valence-electron chi connectivity index (χ2n) is 5.57. The zero-order valence-electron chi connectivity index (χ0n) is 13.8. The fourth-order valence-electron chi connectivity index (χ4n) is 2.69. The van der Waals surface area contributed by atoms with E-state index in [1.807, 2.05) is 30.3 Å². The van der Waals surface area contributed by atoms with E-state index in [9.17, 15) is 4.79 Å². The minimum atomic E-state index is -0.0129. The summed E-state index contributed by atoms with van der Waals surface area (Å²) in [4.78, 5) is 14.4. The number of hydrogen-bond donors (Lipinski definition) is 1. The molecule has 5 heteroatoms. The number of carbonyl (C=O) groups is 1. The molecule has 2 aromatic carbocycles. The van der Waals surface area contributed by atoms with Crippen LogP contribution >= 0.6 is 0 Å². The average molecular weight is 326 g/mol. The van der Waals surface area contributed by atoms with Gasteiger partial charge in [0.05, 0.1) is 0 Å². The Kier molecular flexibility index (Phi) is 5.21. The third kappa shape index (κ3) is 3.98. The van der Waals surface area contributed by atoms with Crippen LogP contribution in [0.25, 0.3) is 0 Å². The van der Waals surface area contributed by atoms with Crippen LogP contribution in [0.1, 0.15) is 13.3 Å². The maximum atomic E-state index is 12.2. The largest absolute Gasteiger partial charge is 0.486 e. The van der Waals surface area contributed by atoms with E-state index >= 15 is 0 Å². The lowest BCUT2D eigenvalue weighted by Gasteiger charge is -2.23. The van der Waals surface area contributed by atoms with Crippen molar-refractivity contribution in [3.8, 4) is 11.5 Å². The summed E-state index contributed by atoms with van der Waals surface area (Å²) in [6.07, 6.45) is 0.428. The molecule has 1 N–H and O–H groups in total. The topological polar surface area (TPSA) is 50.8 Å². The molecular weight excluding hydrogens is 304 g/mol. The first kappa shape index (κ1) is 16.2. The van der Waals surface area contributed by atoms with Crippen LogP contribution in [0, 0.1) is 0 Å². The second-order valence-corrected chi connectivity index (χ2v) is 5.57. The Labute approximate surface area is 142 Å². The monoisotopic (exact) mass is 326 g/mol. The molecule has 0 saturated carbocycles. The van der Waals surface area contributed by atoms with E-state index in [-0.39, 0.29) is 5.91 Å². The summed E-state index contributed by atoms with van der Waals surface area (Å²) in [6, 6.07) is 15.6. The van der Waals surface area contributed by atoms with Crippen LogP contribution in [-0.4, -0.2) is 32.2 Å². The molecule has 0 radical (unpaired) electrons. The van der Waals surface area contributed by atoms with Gasteiger partial charge in [-0.2, -0.15) is 0 Å². The molecule has 0 fully saturated rings. The molecule has 1 heterocycles. The van der Waals surface area contributed by atoms with Crippen LogP contribution in [0.5, 0.6) is 11.5 Å². The van der Waals surface area contributed by atoms with E-state index < -0.39 is 0 Å². The van der Waals surface area contributed by atoms with Gasteiger partial charge in [0.2, 0.25) is 5.91 Å². The summed E-state index contributed by atoms with van der Waals surface area (Å²) >= 11 is 0. The van der Waals surface area contributed by atoms with Crippen molar-refractivity contribution < 1.29 is 14.3 Å². The lowest BCUT2D eigenvalue weighted by molar-refractivity contribution is -0.116. The Hall–Kier alpha value is -2.69. The summed E-state index contributed by atoms with van der Waals surface area (Å²) in [5.41, 5.74) is 1.86. The molecule has 126 valence electrons. The molecule has 0 unspecified atom stereocenters. The number of nitrogens with zero attached hydrogens (tertiary/aromatic N) is 1. The second kappa shape index (κ2) is 7.73. The van der Waals surface area contributed by atoms with Crippen LogP contribution in [0.3, 0.4) is 0 Å². The van der Waals surface area contributed by atoms with E-state index in [0.29, 0.717) is 31.9 Å². The molecule has 24 heavy (non-hydrogen) atoms. The molecule has 0 atom stereocenters. The molecular formula is C19H22N2O3. The van der Waals surface area contributed by atoms with Gasteiger partial charge < -0.3 is 19.7 Å². The number of nitrogens with one attached hydrogen (secondary N) is 1. The molecule has 1 aliphatic rings. The number of ether oxygens (including phenoxy) is 2. The van der Waals surface area contributed by atoms with Crippen LogP contribution < -0.4 is 19.7 Å². The maximum absolute atomic E-state index is 12.2. The first-order valence-corrected chi connectivity index (χ1v) is 8.26. The molecule has 1 amide bonds. The van der Waals surface area contributed by atoms with E-state index in [1.54, 1.807) is 6.07 Å². The van der Waals surface area contributed by atoms with Crippen molar-refractivity contribution in [2.24, 2.45) is 0 Å². The maximum Gasteiger partial charge on any atom is 0.226 e. The first-order valence-electron chi connectivity index (χ1n) is 8.26. The molecule has 2 aromatic rings. The molecule has 5 nitrogen and oxygen atoms in total. The molecule has 3 rings (SSSR count). The highest BCUT2D eigenvalue weighted by molar-refractivity contribution is 5.91. The van der Waals surface area contributed by atoms with E-state index in [4.69, 9.17) is 9.47 Å². The highest BCUT2D eigenvalue weighted by atomic mass is 16.6. The molecule has 0 aromatic heterocycles. The molecule has 0 bridgehead atoms. The summed E-state index contributed by atoms with van der Waals surface area (Å²) in [6.45, 7) is 4.72. The zero-order valence-corrected chi connectivity index (χ0v) is 13.8. The average Bonchev–Trinajstić information content (AvgIpc) is 2.63. The standard InChI is InChI=1S/C19H22N2O3/c1-2-21(16-6-4-3-5-7-16)11-10-19(22)20-15-8-9-17-18(14-15)24-13-12-23-17/h3-9,14H,2,10-13H2,1H3,(H,20,22). The number of benzene rings is 2. The first-order chi connectivity index (χ1) is 11.8. The van der Waals surface area contributed by atoms with Gasteiger partial charge >= 0.3 is 0 Å². The Balaban J connectivity index is 1.55. The van der Waals surface area contributed by atoms with Gasteiger partial charge in [0.15, 0.2) is 11.5 Å². The zero-order chi connectivity index (χ0) is 16.8. The molecule has 0 spiro atoms. The number of carbonyl (C=O) groups excluding carboxylic acids is 1. The van der Waals surface area contributed by atoms with Gasteiger partial charge in [-0.15, -0.1) is 0 Å². The van der Waals surface area contributed by atoms with Gasteiger partial charge in [0, 0.05) is 37.0 Å². The van der Waals surface area contributed by atoms with Crippen molar-refractivity contribution in [1.29, 1.82) is 0 Å². The highest BCUT2D eigenvalue weighted by Crippen LogP contribution is 2.32. The van der Waals surface area contributed by atoms with Gasteiger partial charge in [0.1, 0.15) is 13.2 Å². The summed E-state index contributed by atoms with van der Waals surface area (Å²) < 4.78 is 11.0. The van der Waals surface area contributed by atoms with Crippen molar-refractivity contribution in [2.45, 2.75) is 13.3 Å². The van der Waals surface area contributed by atoms with Crippen molar-refractivity contribution >= 4 is 17.3 Å². The van der Waals surface area contributed by atoms with Crippen molar-refractivity contribution in [3.63, 3.8) is 0 Å². The van der Waals surface area contributed by atoms with E-state index in [1.165, 1.54) is 0 Å². The van der Waals surface area contributed by atoms with Gasteiger partial charge in [0.25, 0.3) is 0 Å². The van der Waals surface area contributed by atoms with Crippen LogP contribution in [-0.2, 0) is 4.79 Å². The van der Waals surface area contributed by atoms with Gasteiger partial charge in [-0.3, -0.25) is 4.79 Å². The normalized spacial score (nSPS) is 12.5. The molecule has 0 aliphatic carbocycles. The number of rotatable bonds is 6. The number of fused-ring (bicyclic) bond motifs is 1.